The van der Waals surface area contributed by atoms with Crippen molar-refractivity contribution in [3.05, 3.63) is 28.8 Å². The maximum Gasteiger partial charge on any atom is 0.0409 e. The van der Waals surface area contributed by atoms with Crippen LogP contribution in [0.1, 0.15) is 18.9 Å². The quantitative estimate of drug-likeness (QED) is 0.662. The van der Waals surface area contributed by atoms with Crippen LogP contribution in [0.15, 0.2) is 23.1 Å². The molecular formula is C10H11ClS. The first-order valence-corrected chi connectivity index (χ1v) is 5.50. The highest BCUT2D eigenvalue weighted by atomic mass is 35.5. The maximum absolute atomic E-state index is 5.91. The van der Waals surface area contributed by atoms with Crippen molar-refractivity contribution in [3.8, 4) is 0 Å². The highest BCUT2D eigenvalue weighted by Gasteiger charge is 2.20. The predicted octanol–water partition coefficient (Wildman–Crippen LogP) is 3.77. The van der Waals surface area contributed by atoms with Gasteiger partial charge in [0.2, 0.25) is 0 Å². The smallest absolute Gasteiger partial charge is 0.0409 e. The van der Waals surface area contributed by atoms with Crippen molar-refractivity contribution < 1.29 is 0 Å². The summed E-state index contributed by atoms with van der Waals surface area (Å²) in [6.45, 7) is 2.24. The van der Waals surface area contributed by atoms with Gasteiger partial charge in [-0.25, -0.2) is 0 Å². The Bertz CT molecular complexity index is 296. The molecule has 0 amide bonds. The Morgan fingerprint density at radius 2 is 2.42 bits per heavy atom. The fourth-order valence-corrected chi connectivity index (χ4v) is 2.94. The van der Waals surface area contributed by atoms with Crippen molar-refractivity contribution in [1.29, 1.82) is 0 Å². The van der Waals surface area contributed by atoms with Gasteiger partial charge in [0.25, 0.3) is 0 Å². The Kier molecular flexibility index (Phi) is 2.33. The molecule has 1 unspecified atom stereocenters. The van der Waals surface area contributed by atoms with Crippen LogP contribution in [0.2, 0.25) is 5.02 Å². The van der Waals surface area contributed by atoms with Gasteiger partial charge in [-0.3, -0.25) is 0 Å². The Balaban J connectivity index is 2.30. The van der Waals surface area contributed by atoms with E-state index in [0.717, 1.165) is 10.3 Å². The van der Waals surface area contributed by atoms with Gasteiger partial charge in [0, 0.05) is 15.2 Å². The summed E-state index contributed by atoms with van der Waals surface area (Å²) in [7, 11) is 0. The van der Waals surface area contributed by atoms with Gasteiger partial charge in [0.05, 0.1) is 0 Å². The monoisotopic (exact) mass is 198 g/mol. The first-order chi connectivity index (χ1) is 5.79. The minimum Gasteiger partial charge on any atom is -0.122 e. The molecule has 0 spiro atoms. The normalized spacial score (nSPS) is 21.0. The standard InChI is InChI=1S/C10H11ClS/c1-2-9-6-7-5-8(11)3-4-10(7)12-9/h3-5,9H,2,6H2,1H3. The van der Waals surface area contributed by atoms with Gasteiger partial charge in [-0.1, -0.05) is 18.5 Å². The molecule has 0 saturated carbocycles. The molecule has 0 aromatic heterocycles. The molecule has 0 aliphatic carbocycles. The van der Waals surface area contributed by atoms with Crippen molar-refractivity contribution in [2.75, 3.05) is 0 Å². The van der Waals surface area contributed by atoms with Crippen LogP contribution in [0, 0.1) is 0 Å². The first-order valence-electron chi connectivity index (χ1n) is 4.24. The summed E-state index contributed by atoms with van der Waals surface area (Å²) in [4.78, 5) is 1.42. The van der Waals surface area contributed by atoms with Crippen LogP contribution >= 0.6 is 23.4 Å². The van der Waals surface area contributed by atoms with E-state index in [0.29, 0.717) is 0 Å². The zero-order valence-corrected chi connectivity index (χ0v) is 8.58. The molecular weight excluding hydrogens is 188 g/mol. The number of benzene rings is 1. The van der Waals surface area contributed by atoms with Gasteiger partial charge in [0.1, 0.15) is 0 Å². The summed E-state index contributed by atoms with van der Waals surface area (Å²) in [5, 5.41) is 1.64. The highest BCUT2D eigenvalue weighted by molar-refractivity contribution is 8.00. The average Bonchev–Trinajstić information content (AvgIpc) is 2.46. The fraction of sp³-hybridized carbons (Fsp3) is 0.400. The lowest BCUT2D eigenvalue weighted by molar-refractivity contribution is 0.830. The zero-order valence-electron chi connectivity index (χ0n) is 7.01. The summed E-state index contributed by atoms with van der Waals surface area (Å²) >= 11 is 7.89. The van der Waals surface area contributed by atoms with Crippen molar-refractivity contribution in [3.63, 3.8) is 0 Å². The van der Waals surface area contributed by atoms with Crippen LogP contribution in [-0.2, 0) is 6.42 Å². The molecule has 1 heterocycles. The number of fused-ring (bicyclic) bond motifs is 1. The topological polar surface area (TPSA) is 0 Å². The minimum atomic E-state index is 0.776. The predicted molar refractivity (Wildman–Crippen MR) is 55.1 cm³/mol. The van der Waals surface area contributed by atoms with Crippen molar-refractivity contribution in [2.45, 2.75) is 29.9 Å². The van der Waals surface area contributed by atoms with E-state index < -0.39 is 0 Å². The number of halogens is 1. The number of rotatable bonds is 1. The molecule has 1 aliphatic rings. The highest BCUT2D eigenvalue weighted by Crippen LogP contribution is 2.39. The number of hydrogen-bond acceptors (Lipinski definition) is 1. The molecule has 0 bridgehead atoms. The second-order valence-corrected chi connectivity index (χ2v) is 4.88. The Morgan fingerprint density at radius 3 is 3.17 bits per heavy atom. The lowest BCUT2D eigenvalue weighted by Crippen LogP contribution is -1.96. The Morgan fingerprint density at radius 1 is 1.58 bits per heavy atom. The van der Waals surface area contributed by atoms with Gasteiger partial charge < -0.3 is 0 Å². The summed E-state index contributed by atoms with van der Waals surface area (Å²) in [5.41, 5.74) is 1.43. The zero-order chi connectivity index (χ0) is 8.55. The van der Waals surface area contributed by atoms with E-state index in [1.54, 1.807) is 0 Å². The molecule has 0 N–H and O–H groups in total. The molecule has 12 heavy (non-hydrogen) atoms. The Labute approximate surface area is 82.3 Å². The van der Waals surface area contributed by atoms with E-state index in [1.165, 1.54) is 23.3 Å². The lowest BCUT2D eigenvalue weighted by atomic mass is 10.1. The SMILES string of the molecule is CCC1Cc2cc(Cl)ccc2S1. The third kappa shape index (κ3) is 1.48. The molecule has 1 aromatic rings. The van der Waals surface area contributed by atoms with E-state index in [-0.39, 0.29) is 0 Å². The average molecular weight is 199 g/mol. The largest absolute Gasteiger partial charge is 0.122 e. The van der Waals surface area contributed by atoms with E-state index in [2.05, 4.69) is 19.1 Å². The van der Waals surface area contributed by atoms with Crippen LogP contribution in [0.5, 0.6) is 0 Å². The summed E-state index contributed by atoms with van der Waals surface area (Å²) in [6.07, 6.45) is 2.44. The van der Waals surface area contributed by atoms with Gasteiger partial charge >= 0.3 is 0 Å². The molecule has 1 aliphatic heterocycles. The number of thioether (sulfide) groups is 1. The van der Waals surface area contributed by atoms with Crippen LogP contribution in [0.3, 0.4) is 0 Å². The van der Waals surface area contributed by atoms with Gasteiger partial charge in [-0.2, -0.15) is 0 Å². The second-order valence-electron chi connectivity index (χ2n) is 3.10. The van der Waals surface area contributed by atoms with Crippen molar-refractivity contribution in [1.82, 2.24) is 0 Å². The van der Waals surface area contributed by atoms with Crippen LogP contribution in [0.25, 0.3) is 0 Å². The van der Waals surface area contributed by atoms with E-state index in [4.69, 9.17) is 11.6 Å². The van der Waals surface area contributed by atoms with E-state index >= 15 is 0 Å². The maximum atomic E-state index is 5.91. The summed E-state index contributed by atoms with van der Waals surface area (Å²) in [5.74, 6) is 0. The van der Waals surface area contributed by atoms with Crippen molar-refractivity contribution >= 4 is 23.4 Å². The third-order valence-corrected chi connectivity index (χ3v) is 3.94. The Hall–Kier alpha value is -0.140. The molecule has 64 valence electrons. The van der Waals surface area contributed by atoms with Crippen LogP contribution in [-0.4, -0.2) is 5.25 Å². The van der Waals surface area contributed by atoms with E-state index in [9.17, 15) is 0 Å². The molecule has 0 nitrogen and oxygen atoms in total. The molecule has 1 atom stereocenters. The van der Waals surface area contributed by atoms with Gasteiger partial charge in [0.15, 0.2) is 0 Å². The van der Waals surface area contributed by atoms with Crippen molar-refractivity contribution in [2.24, 2.45) is 0 Å². The molecule has 0 radical (unpaired) electrons. The van der Waals surface area contributed by atoms with Crippen LogP contribution in [0.4, 0.5) is 0 Å². The number of hydrogen-bond donors (Lipinski definition) is 0. The molecule has 0 fully saturated rings. The third-order valence-electron chi connectivity index (χ3n) is 2.22. The molecule has 0 saturated heterocycles. The lowest BCUT2D eigenvalue weighted by Gasteiger charge is -2.00. The molecule has 2 rings (SSSR count). The summed E-state index contributed by atoms with van der Waals surface area (Å²) in [6, 6.07) is 6.21. The van der Waals surface area contributed by atoms with Gasteiger partial charge in [-0.15, -0.1) is 11.8 Å². The summed E-state index contributed by atoms with van der Waals surface area (Å²) < 4.78 is 0. The fourth-order valence-electron chi connectivity index (χ4n) is 1.52. The van der Waals surface area contributed by atoms with Crippen LogP contribution < -0.4 is 0 Å². The van der Waals surface area contributed by atoms with E-state index in [1.807, 2.05) is 17.8 Å². The molecule has 1 aromatic carbocycles. The minimum absolute atomic E-state index is 0.776. The second kappa shape index (κ2) is 3.31. The molecule has 2 heteroatoms. The first kappa shape index (κ1) is 8.46. The van der Waals surface area contributed by atoms with Gasteiger partial charge in [-0.05, 0) is 36.6 Å².